The van der Waals surface area contributed by atoms with Crippen LogP contribution in [0.3, 0.4) is 0 Å². The Morgan fingerprint density at radius 2 is 1.62 bits per heavy atom. The van der Waals surface area contributed by atoms with Gasteiger partial charge in [0.2, 0.25) is 5.91 Å². The maximum Gasteiger partial charge on any atom is 0.407 e. The largest absolute Gasteiger partial charge is 0.479 e. The highest BCUT2D eigenvalue weighted by Gasteiger charge is 2.50. The van der Waals surface area contributed by atoms with E-state index in [4.69, 9.17) is 4.74 Å². The Balaban J connectivity index is 1.39. The van der Waals surface area contributed by atoms with Crippen molar-refractivity contribution in [3.8, 4) is 11.1 Å². The van der Waals surface area contributed by atoms with Crippen LogP contribution in [0.4, 0.5) is 4.79 Å². The van der Waals surface area contributed by atoms with E-state index in [9.17, 15) is 19.5 Å². The van der Waals surface area contributed by atoms with E-state index in [0.717, 1.165) is 28.7 Å². The number of aliphatic carboxylic acids is 1. The van der Waals surface area contributed by atoms with Crippen molar-refractivity contribution in [2.45, 2.75) is 57.0 Å². The minimum atomic E-state index is -1.12. The number of ether oxygens (including phenoxy) is 1. The van der Waals surface area contributed by atoms with Gasteiger partial charge in [0.1, 0.15) is 12.1 Å². The van der Waals surface area contributed by atoms with E-state index in [1.54, 1.807) is 7.05 Å². The van der Waals surface area contributed by atoms with Crippen molar-refractivity contribution in [3.63, 3.8) is 0 Å². The van der Waals surface area contributed by atoms with Gasteiger partial charge >= 0.3 is 12.1 Å². The molecule has 0 heterocycles. The molecule has 2 amide bonds. The van der Waals surface area contributed by atoms with Gasteiger partial charge in [-0.1, -0.05) is 62.4 Å². The highest BCUT2D eigenvalue weighted by Crippen LogP contribution is 2.44. The topological polar surface area (TPSA) is 95.9 Å². The Kier molecular flexibility index (Phi) is 6.64. The van der Waals surface area contributed by atoms with Gasteiger partial charge in [0, 0.05) is 25.4 Å². The lowest BCUT2D eigenvalue weighted by Crippen LogP contribution is -2.60. The van der Waals surface area contributed by atoms with Crippen molar-refractivity contribution < 1.29 is 24.2 Å². The summed E-state index contributed by atoms with van der Waals surface area (Å²) in [6.45, 7) is 4.02. The molecule has 4 rings (SSSR count). The Morgan fingerprint density at radius 1 is 1.06 bits per heavy atom. The van der Waals surface area contributed by atoms with Gasteiger partial charge in [-0.2, -0.15) is 0 Å². The van der Waals surface area contributed by atoms with E-state index in [-0.39, 0.29) is 30.8 Å². The molecule has 180 valence electrons. The van der Waals surface area contributed by atoms with E-state index in [1.807, 2.05) is 38.1 Å². The summed E-state index contributed by atoms with van der Waals surface area (Å²) in [6, 6.07) is 15.8. The summed E-state index contributed by atoms with van der Waals surface area (Å²) in [6.07, 6.45) is 1.14. The number of carboxylic acid groups (broad SMARTS) is 1. The number of carbonyl (C=O) groups is 3. The minimum Gasteiger partial charge on any atom is -0.479 e. The molecule has 1 fully saturated rings. The van der Waals surface area contributed by atoms with Crippen molar-refractivity contribution in [1.82, 2.24) is 10.2 Å². The number of alkyl carbamates (subject to hydrolysis) is 1. The van der Waals surface area contributed by atoms with Crippen LogP contribution in [-0.4, -0.2) is 53.2 Å². The lowest BCUT2D eigenvalue weighted by Gasteiger charge is -2.45. The fourth-order valence-corrected chi connectivity index (χ4v) is 5.01. The molecule has 2 aliphatic carbocycles. The normalized spacial score (nSPS) is 16.7. The third kappa shape index (κ3) is 4.27. The summed E-state index contributed by atoms with van der Waals surface area (Å²) in [5.74, 6) is -1.34. The molecule has 0 bridgehead atoms. The molecule has 0 aromatic heterocycles. The molecule has 0 unspecified atom stereocenters. The predicted octanol–water partition coefficient (Wildman–Crippen LogP) is 4.41. The van der Waals surface area contributed by atoms with Crippen LogP contribution < -0.4 is 5.32 Å². The molecule has 0 spiro atoms. The molecule has 2 aromatic rings. The third-order valence-electron chi connectivity index (χ3n) is 7.44. The van der Waals surface area contributed by atoms with Gasteiger partial charge in [-0.05, 0) is 47.4 Å². The van der Waals surface area contributed by atoms with Gasteiger partial charge < -0.3 is 20.1 Å². The maximum absolute atomic E-state index is 12.9. The van der Waals surface area contributed by atoms with Crippen LogP contribution in [0.15, 0.2) is 48.5 Å². The van der Waals surface area contributed by atoms with Crippen LogP contribution in [-0.2, 0) is 14.3 Å². The van der Waals surface area contributed by atoms with E-state index in [0.29, 0.717) is 12.8 Å². The monoisotopic (exact) mass is 464 g/mol. The summed E-state index contributed by atoms with van der Waals surface area (Å²) in [7, 11) is 1.54. The number of hydrogen-bond acceptors (Lipinski definition) is 4. The lowest BCUT2D eigenvalue weighted by atomic mass is 9.75. The molecular formula is C27H32N2O5. The number of fused-ring (bicyclic) bond motifs is 3. The zero-order valence-electron chi connectivity index (χ0n) is 19.9. The third-order valence-corrected chi connectivity index (χ3v) is 7.44. The summed E-state index contributed by atoms with van der Waals surface area (Å²) < 4.78 is 5.63. The first-order valence-corrected chi connectivity index (χ1v) is 11.9. The lowest BCUT2D eigenvalue weighted by molar-refractivity contribution is -0.164. The number of nitrogens with one attached hydrogen (secondary N) is 1. The van der Waals surface area contributed by atoms with E-state index < -0.39 is 23.6 Å². The Bertz CT molecular complexity index is 1050. The van der Waals surface area contributed by atoms with E-state index in [2.05, 4.69) is 29.6 Å². The van der Waals surface area contributed by atoms with E-state index in [1.165, 1.54) is 4.90 Å². The van der Waals surface area contributed by atoms with Crippen molar-refractivity contribution >= 4 is 18.0 Å². The van der Waals surface area contributed by atoms with Crippen LogP contribution in [0.25, 0.3) is 11.1 Å². The van der Waals surface area contributed by atoms with Crippen LogP contribution >= 0.6 is 0 Å². The molecule has 2 aliphatic rings. The summed E-state index contributed by atoms with van der Waals surface area (Å²) in [4.78, 5) is 38.7. The molecule has 2 aromatic carbocycles. The number of carboxylic acids is 1. The van der Waals surface area contributed by atoms with Crippen molar-refractivity contribution in [3.05, 3.63) is 59.7 Å². The number of benzene rings is 2. The smallest absolute Gasteiger partial charge is 0.407 e. The fourth-order valence-electron chi connectivity index (χ4n) is 5.01. The van der Waals surface area contributed by atoms with Gasteiger partial charge in [0.15, 0.2) is 0 Å². The molecule has 7 heteroatoms. The number of nitrogens with zero attached hydrogens (tertiary/aromatic N) is 1. The molecule has 34 heavy (non-hydrogen) atoms. The van der Waals surface area contributed by atoms with Gasteiger partial charge in [0.05, 0.1) is 0 Å². The van der Waals surface area contributed by atoms with Gasteiger partial charge in [-0.3, -0.25) is 4.79 Å². The highest BCUT2D eigenvalue weighted by atomic mass is 16.5. The van der Waals surface area contributed by atoms with Gasteiger partial charge in [-0.15, -0.1) is 0 Å². The Labute approximate surface area is 200 Å². The second-order valence-corrected chi connectivity index (χ2v) is 9.67. The number of hydrogen-bond donors (Lipinski definition) is 2. The molecule has 0 radical (unpaired) electrons. The highest BCUT2D eigenvalue weighted by molar-refractivity contribution is 5.88. The molecule has 2 N–H and O–H groups in total. The average molecular weight is 465 g/mol. The fraction of sp³-hybridized carbons (Fsp3) is 0.444. The first-order chi connectivity index (χ1) is 16.2. The van der Waals surface area contributed by atoms with Gasteiger partial charge in [0.25, 0.3) is 0 Å². The average Bonchev–Trinajstić information content (AvgIpc) is 3.09. The number of carbonyl (C=O) groups excluding carboxylic acids is 2. The van der Waals surface area contributed by atoms with Crippen molar-refractivity contribution in [2.24, 2.45) is 5.92 Å². The number of likely N-dealkylation sites (N-methyl/N-ethyl adjacent to an activating group) is 1. The minimum absolute atomic E-state index is 0.0212. The standard InChI is InChI=1S/C27H32N2O5/c1-17(2)23(15-24(30)29(3)27(25(31)32)13-8-14-27)28-26(33)34-16-22-20-11-6-4-9-18(20)19-10-5-7-12-21(19)22/h4-7,9-12,17,22-23H,8,13-16H2,1-3H3,(H,28,33)(H,31,32)/t23-/m0/s1. The molecule has 1 saturated carbocycles. The SMILES string of the molecule is CC(C)[C@H](CC(=O)N(C)C1(C(=O)O)CCC1)NC(=O)OCC1c2ccccc2-c2ccccc21. The van der Waals surface area contributed by atoms with Crippen LogP contribution in [0.2, 0.25) is 0 Å². The summed E-state index contributed by atoms with van der Waals surface area (Å²) >= 11 is 0. The number of amides is 2. The second-order valence-electron chi connectivity index (χ2n) is 9.67. The molecule has 7 nitrogen and oxygen atoms in total. The summed E-state index contributed by atoms with van der Waals surface area (Å²) in [5.41, 5.74) is 3.46. The van der Waals surface area contributed by atoms with Gasteiger partial charge in [-0.25, -0.2) is 9.59 Å². The predicted molar refractivity (Wildman–Crippen MR) is 128 cm³/mol. The maximum atomic E-state index is 12.9. The Hall–Kier alpha value is -3.35. The second kappa shape index (κ2) is 9.49. The van der Waals surface area contributed by atoms with Crippen LogP contribution in [0, 0.1) is 5.92 Å². The van der Waals surface area contributed by atoms with Crippen LogP contribution in [0.5, 0.6) is 0 Å². The van der Waals surface area contributed by atoms with Crippen molar-refractivity contribution in [2.75, 3.05) is 13.7 Å². The first kappa shape index (κ1) is 23.8. The molecule has 1 atom stereocenters. The van der Waals surface area contributed by atoms with E-state index >= 15 is 0 Å². The molecule has 0 saturated heterocycles. The summed E-state index contributed by atoms with van der Waals surface area (Å²) in [5, 5.41) is 12.5. The molecular weight excluding hydrogens is 432 g/mol. The quantitative estimate of drug-likeness (QED) is 0.604. The zero-order chi connectivity index (χ0) is 24.5. The van der Waals surface area contributed by atoms with Crippen LogP contribution in [0.1, 0.15) is 56.6 Å². The Morgan fingerprint density at radius 3 is 2.09 bits per heavy atom. The first-order valence-electron chi connectivity index (χ1n) is 11.9. The van der Waals surface area contributed by atoms with Crippen molar-refractivity contribution in [1.29, 1.82) is 0 Å². The molecule has 0 aliphatic heterocycles. The zero-order valence-corrected chi connectivity index (χ0v) is 19.9. The number of rotatable bonds is 8.